The number of halogens is 3. The Kier molecular flexibility index (Phi) is 4.87. The normalized spacial score (nSPS) is 27.6. The van der Waals surface area contributed by atoms with Crippen LogP contribution in [-0.2, 0) is 11.2 Å². The Hall–Kier alpha value is -3.83. The molecule has 0 aromatic carbocycles. The van der Waals surface area contributed by atoms with Crippen LogP contribution in [0.5, 0.6) is 5.75 Å². The summed E-state index contributed by atoms with van der Waals surface area (Å²) < 4.78 is 54.9. The standard InChI is InChI=1S/C29H22F3N3O4S/c30-18-6-5-17-22-21-14(11-29(31,32)23(18)22)13-40-27(21)16-4-2-1-3-15(16)24(17)35-20-12-39-10-9-33(20)28(38)25-26(37)19(36)7-8-34(25)35/h1-3,5-8,13,20,23-24,37H,4,9-12H2. The van der Waals surface area contributed by atoms with Gasteiger partial charge in [0.15, 0.2) is 11.4 Å². The fourth-order valence-corrected chi connectivity index (χ4v) is 8.20. The summed E-state index contributed by atoms with van der Waals surface area (Å²) in [5.74, 6) is -7.16. The average Bonchev–Trinajstić information content (AvgIpc) is 3.30. The number of rotatable bonds is 1. The quantitative estimate of drug-likeness (QED) is 0.575. The van der Waals surface area contributed by atoms with Crippen molar-refractivity contribution in [2.24, 2.45) is 5.92 Å². The van der Waals surface area contributed by atoms with Crippen LogP contribution < -0.4 is 20.2 Å². The SMILES string of the molecule is O=C1c2c(O)c(=O)ccn2N(C2C3=CC=CCC3=c3scc4c3=C3C2=CC=C(F)C3C(F)(F)C4)C2COCCN12. The van der Waals surface area contributed by atoms with E-state index in [2.05, 4.69) is 0 Å². The van der Waals surface area contributed by atoms with E-state index in [9.17, 15) is 14.7 Å². The van der Waals surface area contributed by atoms with Gasteiger partial charge >= 0.3 is 0 Å². The maximum atomic E-state index is 15.7. The van der Waals surface area contributed by atoms with Gasteiger partial charge in [0.05, 0.1) is 19.3 Å². The van der Waals surface area contributed by atoms with Gasteiger partial charge in [-0.2, -0.15) is 0 Å². The maximum Gasteiger partial charge on any atom is 0.278 e. The van der Waals surface area contributed by atoms with Gasteiger partial charge < -0.3 is 14.7 Å². The monoisotopic (exact) mass is 565 g/mol. The number of amides is 1. The lowest BCUT2D eigenvalue weighted by molar-refractivity contribution is -0.0336. The molecule has 3 atom stereocenters. The number of ether oxygens (including phenoxy) is 1. The highest BCUT2D eigenvalue weighted by atomic mass is 32.1. The second kappa shape index (κ2) is 8.11. The summed E-state index contributed by atoms with van der Waals surface area (Å²) >= 11 is 1.39. The number of morpholine rings is 1. The molecule has 1 N–H and O–H groups in total. The summed E-state index contributed by atoms with van der Waals surface area (Å²) in [6.45, 7) is 0.601. The zero-order chi connectivity index (χ0) is 27.5. The third-order valence-corrected chi connectivity index (χ3v) is 9.76. The highest BCUT2D eigenvalue weighted by molar-refractivity contribution is 7.08. The van der Waals surface area contributed by atoms with E-state index >= 15 is 13.2 Å². The minimum absolute atomic E-state index is 0.118. The van der Waals surface area contributed by atoms with Crippen LogP contribution in [0.25, 0.3) is 11.1 Å². The number of hydrogen-bond acceptors (Lipinski definition) is 6. The number of carbonyl (C=O) groups is 1. The summed E-state index contributed by atoms with van der Waals surface area (Å²) in [5.41, 5.74) is 2.10. The third kappa shape index (κ3) is 2.99. The molecular weight excluding hydrogens is 543 g/mol. The molecule has 1 amide bonds. The molecular formula is C29H22F3N3O4S. The summed E-state index contributed by atoms with van der Waals surface area (Å²) in [4.78, 5) is 27.6. The fourth-order valence-electron chi connectivity index (χ4n) is 7.04. The van der Waals surface area contributed by atoms with Crippen molar-refractivity contribution < 1.29 is 27.8 Å². The minimum atomic E-state index is -3.34. The van der Waals surface area contributed by atoms with E-state index in [1.807, 2.05) is 23.2 Å². The number of hydrogen-bond donors (Lipinski definition) is 1. The van der Waals surface area contributed by atoms with Gasteiger partial charge in [-0.05, 0) is 45.7 Å². The molecule has 2 aromatic rings. The van der Waals surface area contributed by atoms with Crippen LogP contribution in [0, 0.1) is 5.92 Å². The Morgan fingerprint density at radius 3 is 2.85 bits per heavy atom. The zero-order valence-electron chi connectivity index (χ0n) is 20.9. The molecule has 1 fully saturated rings. The van der Waals surface area contributed by atoms with E-state index in [0.29, 0.717) is 22.8 Å². The number of nitrogens with zero attached hydrogens (tertiary/aromatic N) is 3. The van der Waals surface area contributed by atoms with Crippen molar-refractivity contribution in [3.8, 4) is 5.75 Å². The van der Waals surface area contributed by atoms with E-state index in [0.717, 1.165) is 21.8 Å². The van der Waals surface area contributed by atoms with Crippen molar-refractivity contribution in [2.45, 2.75) is 31.0 Å². The molecule has 0 saturated carbocycles. The largest absolute Gasteiger partial charge is 0.502 e. The van der Waals surface area contributed by atoms with Gasteiger partial charge in [-0.15, -0.1) is 11.3 Å². The number of thiophene rings is 1. The first kappa shape index (κ1) is 24.0. The number of aromatic nitrogens is 1. The van der Waals surface area contributed by atoms with Crippen molar-refractivity contribution >= 4 is 28.4 Å². The molecule has 0 spiro atoms. The minimum Gasteiger partial charge on any atom is -0.502 e. The highest BCUT2D eigenvalue weighted by Gasteiger charge is 2.54. The lowest BCUT2D eigenvalue weighted by Gasteiger charge is -2.52. The number of carbonyl (C=O) groups excluding carboxylic acids is 1. The summed E-state index contributed by atoms with van der Waals surface area (Å²) in [6, 6.07) is 0.412. The van der Waals surface area contributed by atoms with E-state index in [-0.39, 0.29) is 31.0 Å². The lowest BCUT2D eigenvalue weighted by atomic mass is 9.73. The Balaban J connectivity index is 1.48. The van der Waals surface area contributed by atoms with Crippen LogP contribution in [0.4, 0.5) is 13.2 Å². The summed E-state index contributed by atoms with van der Waals surface area (Å²) in [5, 5.41) is 15.0. The van der Waals surface area contributed by atoms with Crippen LogP contribution in [0.3, 0.4) is 0 Å². The Morgan fingerprint density at radius 1 is 1.15 bits per heavy atom. The molecule has 1 saturated heterocycles. The van der Waals surface area contributed by atoms with E-state index in [1.54, 1.807) is 16.4 Å². The van der Waals surface area contributed by atoms with Gasteiger partial charge in [-0.1, -0.05) is 24.3 Å². The number of alkyl halides is 2. The number of fused-ring (bicyclic) bond motifs is 3. The van der Waals surface area contributed by atoms with Gasteiger partial charge in [0.2, 0.25) is 5.43 Å². The first-order chi connectivity index (χ1) is 19.3. The van der Waals surface area contributed by atoms with Gasteiger partial charge in [0.1, 0.15) is 17.9 Å². The Bertz CT molecular complexity index is 1850. The third-order valence-electron chi connectivity index (χ3n) is 8.67. The molecule has 3 unspecified atom stereocenters. The average molecular weight is 566 g/mol. The molecule has 204 valence electrons. The molecule has 40 heavy (non-hydrogen) atoms. The van der Waals surface area contributed by atoms with Crippen LogP contribution in [-0.4, -0.2) is 58.5 Å². The predicted molar refractivity (Wildman–Crippen MR) is 142 cm³/mol. The van der Waals surface area contributed by atoms with E-state index < -0.39 is 53.4 Å². The molecule has 0 radical (unpaired) electrons. The van der Waals surface area contributed by atoms with Gasteiger partial charge in [-0.25, -0.2) is 13.2 Å². The van der Waals surface area contributed by atoms with Crippen LogP contribution in [0.2, 0.25) is 0 Å². The summed E-state index contributed by atoms with van der Waals surface area (Å²) in [6.07, 6.45) is 9.27. The maximum absolute atomic E-state index is 15.7. The molecule has 4 heterocycles. The molecule has 2 aromatic heterocycles. The molecule has 6 aliphatic rings. The molecule has 2 aliphatic heterocycles. The van der Waals surface area contributed by atoms with E-state index in [1.165, 1.54) is 28.3 Å². The molecule has 11 heteroatoms. The van der Waals surface area contributed by atoms with Crippen molar-refractivity contribution in [1.29, 1.82) is 0 Å². The fraction of sp³-hybridized carbons (Fsp3) is 0.310. The highest BCUT2D eigenvalue weighted by Crippen LogP contribution is 2.50. The van der Waals surface area contributed by atoms with Gasteiger partial charge in [-0.3, -0.25) is 19.3 Å². The Labute approximate surface area is 229 Å². The van der Waals surface area contributed by atoms with Crippen molar-refractivity contribution in [3.05, 3.63) is 96.2 Å². The van der Waals surface area contributed by atoms with Crippen LogP contribution in [0.1, 0.15) is 22.5 Å². The lowest BCUT2D eigenvalue weighted by Crippen LogP contribution is -2.68. The van der Waals surface area contributed by atoms with Gasteiger partial charge in [0, 0.05) is 35.0 Å². The number of aromatic hydroxyl groups is 1. The summed E-state index contributed by atoms with van der Waals surface area (Å²) in [7, 11) is 0. The molecule has 7 nitrogen and oxygen atoms in total. The van der Waals surface area contributed by atoms with Crippen LogP contribution in [0.15, 0.2) is 69.8 Å². The molecule has 4 aliphatic carbocycles. The van der Waals surface area contributed by atoms with Crippen LogP contribution >= 0.6 is 11.3 Å². The topological polar surface area (TPSA) is 75.0 Å². The number of allylic oxidation sites excluding steroid dienone is 6. The Morgan fingerprint density at radius 2 is 2.00 bits per heavy atom. The van der Waals surface area contributed by atoms with Gasteiger partial charge in [0.25, 0.3) is 11.8 Å². The molecule has 0 bridgehead atoms. The predicted octanol–water partition coefficient (Wildman–Crippen LogP) is 2.24. The smallest absolute Gasteiger partial charge is 0.278 e. The first-order valence-corrected chi connectivity index (χ1v) is 13.9. The van der Waals surface area contributed by atoms with E-state index in [4.69, 9.17) is 4.74 Å². The van der Waals surface area contributed by atoms with Crippen molar-refractivity contribution in [3.63, 3.8) is 0 Å². The second-order valence-corrected chi connectivity index (χ2v) is 11.6. The first-order valence-electron chi connectivity index (χ1n) is 13.1. The number of pyridine rings is 1. The second-order valence-electron chi connectivity index (χ2n) is 10.7. The molecule has 8 rings (SSSR count). The van der Waals surface area contributed by atoms with Crippen molar-refractivity contribution in [2.75, 3.05) is 24.8 Å². The zero-order valence-corrected chi connectivity index (χ0v) is 21.8. The van der Waals surface area contributed by atoms with Crippen molar-refractivity contribution in [1.82, 2.24) is 9.58 Å².